The van der Waals surface area contributed by atoms with Crippen LogP contribution in [0, 0.1) is 5.92 Å². The molecular formula is C9H22N2O. The van der Waals surface area contributed by atoms with E-state index in [-0.39, 0.29) is 6.61 Å². The number of nitrogens with one attached hydrogen (secondary N) is 2. The summed E-state index contributed by atoms with van der Waals surface area (Å²) in [4.78, 5) is 0. The maximum atomic E-state index is 8.65. The molecule has 0 saturated heterocycles. The first-order valence-electron chi connectivity index (χ1n) is 4.69. The Kier molecular flexibility index (Phi) is 7.45. The van der Waals surface area contributed by atoms with Gasteiger partial charge in [0.05, 0.1) is 0 Å². The molecule has 0 amide bonds. The Balaban J connectivity index is 3.27. The van der Waals surface area contributed by atoms with Crippen LogP contribution >= 0.6 is 0 Å². The lowest BCUT2D eigenvalue weighted by atomic mass is 10.1. The van der Waals surface area contributed by atoms with Crippen LogP contribution in [0.1, 0.15) is 20.3 Å². The van der Waals surface area contributed by atoms with Gasteiger partial charge in [0.2, 0.25) is 0 Å². The van der Waals surface area contributed by atoms with Crippen LogP contribution in [0.4, 0.5) is 0 Å². The molecule has 0 heterocycles. The van der Waals surface area contributed by atoms with Gasteiger partial charge in [0, 0.05) is 12.6 Å². The molecule has 3 N–H and O–H groups in total. The molecule has 2 unspecified atom stereocenters. The number of rotatable bonds is 7. The van der Waals surface area contributed by atoms with E-state index in [0.717, 1.165) is 19.5 Å². The van der Waals surface area contributed by atoms with Crippen LogP contribution in [0.3, 0.4) is 0 Å². The monoisotopic (exact) mass is 174 g/mol. The minimum atomic E-state index is 0.272. The van der Waals surface area contributed by atoms with Crippen LogP contribution in [0.25, 0.3) is 0 Å². The number of hydrogen-bond acceptors (Lipinski definition) is 3. The molecule has 0 aromatic rings. The van der Waals surface area contributed by atoms with E-state index in [9.17, 15) is 0 Å². The predicted molar refractivity (Wildman–Crippen MR) is 52.3 cm³/mol. The quantitative estimate of drug-likeness (QED) is 0.517. The first-order chi connectivity index (χ1) is 5.70. The van der Waals surface area contributed by atoms with Crippen LogP contribution in [-0.2, 0) is 0 Å². The topological polar surface area (TPSA) is 44.3 Å². The largest absolute Gasteiger partial charge is 0.396 e. The zero-order chi connectivity index (χ0) is 9.40. The highest BCUT2D eigenvalue weighted by Gasteiger charge is 2.03. The van der Waals surface area contributed by atoms with Crippen molar-refractivity contribution in [1.82, 2.24) is 10.6 Å². The molecule has 3 nitrogen and oxygen atoms in total. The van der Waals surface area contributed by atoms with Crippen molar-refractivity contribution < 1.29 is 5.11 Å². The van der Waals surface area contributed by atoms with Gasteiger partial charge in [0.25, 0.3) is 0 Å². The van der Waals surface area contributed by atoms with Crippen molar-refractivity contribution >= 4 is 0 Å². The first-order valence-corrected chi connectivity index (χ1v) is 4.69. The summed E-state index contributed by atoms with van der Waals surface area (Å²) in [7, 11) is 1.97. The molecule has 12 heavy (non-hydrogen) atoms. The highest BCUT2D eigenvalue weighted by atomic mass is 16.3. The van der Waals surface area contributed by atoms with Crippen molar-refractivity contribution in [3.8, 4) is 0 Å². The summed E-state index contributed by atoms with van der Waals surface area (Å²) >= 11 is 0. The smallest absolute Gasteiger partial charge is 0.0445 e. The molecule has 0 radical (unpaired) electrons. The molecule has 0 rings (SSSR count). The Morgan fingerprint density at radius 3 is 2.42 bits per heavy atom. The molecule has 0 aliphatic rings. The van der Waals surface area contributed by atoms with E-state index in [0.29, 0.717) is 12.0 Å². The van der Waals surface area contributed by atoms with E-state index in [1.165, 1.54) is 0 Å². The Labute approximate surface area is 75.6 Å². The van der Waals surface area contributed by atoms with Gasteiger partial charge in [-0.05, 0) is 39.4 Å². The van der Waals surface area contributed by atoms with Crippen LogP contribution in [0.5, 0.6) is 0 Å². The third-order valence-electron chi connectivity index (χ3n) is 1.93. The van der Waals surface area contributed by atoms with Gasteiger partial charge in [-0.25, -0.2) is 0 Å². The van der Waals surface area contributed by atoms with Crippen molar-refractivity contribution in [2.75, 3.05) is 26.7 Å². The van der Waals surface area contributed by atoms with E-state index in [1.54, 1.807) is 0 Å². The molecule has 0 aromatic heterocycles. The van der Waals surface area contributed by atoms with Gasteiger partial charge < -0.3 is 15.7 Å². The third kappa shape index (κ3) is 6.58. The Bertz CT molecular complexity index is 86.5. The third-order valence-corrected chi connectivity index (χ3v) is 1.93. The normalized spacial score (nSPS) is 16.0. The molecule has 0 fully saturated rings. The summed E-state index contributed by atoms with van der Waals surface area (Å²) in [5, 5.41) is 15.2. The minimum absolute atomic E-state index is 0.272. The molecule has 74 valence electrons. The molecular weight excluding hydrogens is 152 g/mol. The summed E-state index contributed by atoms with van der Waals surface area (Å²) < 4.78 is 0. The molecule has 0 spiro atoms. The van der Waals surface area contributed by atoms with Gasteiger partial charge in [-0.2, -0.15) is 0 Å². The lowest BCUT2D eigenvalue weighted by Gasteiger charge is -2.16. The van der Waals surface area contributed by atoms with Gasteiger partial charge in [0.1, 0.15) is 0 Å². The van der Waals surface area contributed by atoms with E-state index in [2.05, 4.69) is 24.5 Å². The average Bonchev–Trinajstić information content (AvgIpc) is 2.02. The van der Waals surface area contributed by atoms with E-state index >= 15 is 0 Å². The van der Waals surface area contributed by atoms with Crippen LogP contribution in [-0.4, -0.2) is 37.9 Å². The minimum Gasteiger partial charge on any atom is -0.396 e. The summed E-state index contributed by atoms with van der Waals surface area (Å²) in [5.41, 5.74) is 0. The van der Waals surface area contributed by atoms with Gasteiger partial charge in [-0.15, -0.1) is 0 Å². The van der Waals surface area contributed by atoms with Gasteiger partial charge in [-0.1, -0.05) is 6.92 Å². The Morgan fingerprint density at radius 1 is 1.25 bits per heavy atom. The molecule has 0 bridgehead atoms. The summed E-state index contributed by atoms with van der Waals surface area (Å²) in [6.07, 6.45) is 0.840. The lowest BCUT2D eigenvalue weighted by molar-refractivity contribution is 0.266. The zero-order valence-corrected chi connectivity index (χ0v) is 8.43. The summed E-state index contributed by atoms with van der Waals surface area (Å²) in [6, 6.07) is 0.425. The standard InChI is InChI=1S/C9H22N2O/c1-8(6-10-3)7-11-9(2)4-5-12/h8-12H,4-7H2,1-3H3. The molecule has 2 atom stereocenters. The fourth-order valence-electron chi connectivity index (χ4n) is 1.12. The molecule has 3 heteroatoms. The van der Waals surface area contributed by atoms with Crippen LogP contribution in [0.15, 0.2) is 0 Å². The van der Waals surface area contributed by atoms with Crippen molar-refractivity contribution in [2.24, 2.45) is 5.92 Å². The SMILES string of the molecule is CNCC(C)CNC(C)CCO. The van der Waals surface area contributed by atoms with Crippen LogP contribution < -0.4 is 10.6 Å². The molecule has 0 aliphatic carbocycles. The van der Waals surface area contributed by atoms with Gasteiger partial charge >= 0.3 is 0 Å². The fourth-order valence-corrected chi connectivity index (χ4v) is 1.12. The van der Waals surface area contributed by atoms with Crippen molar-refractivity contribution in [2.45, 2.75) is 26.3 Å². The summed E-state index contributed by atoms with van der Waals surface area (Å²) in [6.45, 7) is 6.63. The van der Waals surface area contributed by atoms with E-state index < -0.39 is 0 Å². The first kappa shape index (κ1) is 11.9. The molecule has 0 saturated carbocycles. The van der Waals surface area contributed by atoms with Crippen molar-refractivity contribution in [3.63, 3.8) is 0 Å². The van der Waals surface area contributed by atoms with E-state index in [4.69, 9.17) is 5.11 Å². The molecule has 0 aromatic carbocycles. The Morgan fingerprint density at radius 2 is 1.92 bits per heavy atom. The second-order valence-corrected chi connectivity index (χ2v) is 3.48. The summed E-state index contributed by atoms with van der Waals surface area (Å²) in [5.74, 6) is 0.649. The average molecular weight is 174 g/mol. The number of aliphatic hydroxyl groups is 1. The second-order valence-electron chi connectivity index (χ2n) is 3.48. The molecule has 0 aliphatic heterocycles. The highest BCUT2D eigenvalue weighted by Crippen LogP contribution is 1.93. The van der Waals surface area contributed by atoms with Crippen molar-refractivity contribution in [1.29, 1.82) is 0 Å². The second kappa shape index (κ2) is 7.53. The Hall–Kier alpha value is -0.120. The maximum Gasteiger partial charge on any atom is 0.0445 e. The predicted octanol–water partition coefficient (Wildman–Crippen LogP) is 0.202. The number of hydrogen-bond donors (Lipinski definition) is 3. The van der Waals surface area contributed by atoms with Gasteiger partial charge in [0.15, 0.2) is 0 Å². The van der Waals surface area contributed by atoms with Gasteiger partial charge in [-0.3, -0.25) is 0 Å². The van der Waals surface area contributed by atoms with Crippen molar-refractivity contribution in [3.05, 3.63) is 0 Å². The number of aliphatic hydroxyl groups excluding tert-OH is 1. The maximum absolute atomic E-state index is 8.65. The van der Waals surface area contributed by atoms with E-state index in [1.807, 2.05) is 7.05 Å². The highest BCUT2D eigenvalue weighted by molar-refractivity contribution is 4.64. The van der Waals surface area contributed by atoms with Crippen LogP contribution in [0.2, 0.25) is 0 Å². The zero-order valence-electron chi connectivity index (χ0n) is 8.43. The lowest BCUT2D eigenvalue weighted by Crippen LogP contribution is -2.34. The fraction of sp³-hybridized carbons (Fsp3) is 1.00.